The van der Waals surface area contributed by atoms with Crippen molar-refractivity contribution in [2.24, 2.45) is 11.5 Å². The van der Waals surface area contributed by atoms with E-state index in [-0.39, 0.29) is 4.18 Å². The molecule has 0 bridgehead atoms. The van der Waals surface area contributed by atoms with Crippen LogP contribution in [0.15, 0.2) is 0 Å². The van der Waals surface area contributed by atoms with E-state index in [1.54, 1.807) is 0 Å². The van der Waals surface area contributed by atoms with Crippen molar-refractivity contribution in [3.8, 4) is 0 Å². The molecule has 4 N–H and O–H groups in total. The molecule has 0 saturated heterocycles. The first-order valence-electron chi connectivity index (χ1n) is 1.52. The van der Waals surface area contributed by atoms with Gasteiger partial charge in [0.1, 0.15) is 0 Å². The van der Waals surface area contributed by atoms with Gasteiger partial charge in [-0.1, -0.05) is 0 Å². The molecule has 7 heavy (non-hydrogen) atoms. The Hall–Kier alpha value is 2.16. The van der Waals surface area contributed by atoms with Gasteiger partial charge in [-0.05, 0) is 0 Å². The van der Waals surface area contributed by atoms with Gasteiger partial charge in [-0.3, -0.25) is 0 Å². The molecule has 2 nitrogen and oxygen atoms in total. The van der Waals surface area contributed by atoms with Crippen LogP contribution in [0.5, 0.6) is 0 Å². The number of hydrogen-bond acceptors (Lipinski definition) is 2. The zero-order chi connectivity index (χ0) is 6.08. The number of nitrogens with two attached hydrogens (primary N) is 2. The molecule has 0 aliphatic carbocycles. The molecule has 0 aromatic carbocycles. The van der Waals surface area contributed by atoms with Crippen LogP contribution in [0, 0.1) is 0 Å². The summed E-state index contributed by atoms with van der Waals surface area (Å²) in [6.07, 6.45) is 0. The summed E-state index contributed by atoms with van der Waals surface area (Å²) in [6, 6.07) is 0. The van der Waals surface area contributed by atoms with Crippen molar-refractivity contribution in [1.82, 2.24) is 0 Å². The summed E-state index contributed by atoms with van der Waals surface area (Å²) in [5.41, 5.74) is 10.6. The van der Waals surface area contributed by atoms with E-state index in [2.05, 4.69) is 38.1 Å². The molecule has 0 amide bonds. The second kappa shape index (κ2) is 3.36. The number of hydrogen-bond donors (Lipinski definition) is 2. The van der Waals surface area contributed by atoms with E-state index in [1.165, 1.54) is 0 Å². The summed E-state index contributed by atoms with van der Waals surface area (Å²) >= 11 is 7.63. The molecule has 0 spiro atoms. The SMILES string of the molecule is N[CH](N)[Sn]([Br])([Br])[Br]. The van der Waals surface area contributed by atoms with Crippen molar-refractivity contribution in [2.45, 2.75) is 4.18 Å². The van der Waals surface area contributed by atoms with Gasteiger partial charge < -0.3 is 0 Å². The van der Waals surface area contributed by atoms with Crippen molar-refractivity contribution in [1.29, 1.82) is 0 Å². The molecule has 0 aliphatic rings. The first-order valence-corrected chi connectivity index (χ1v) is 22.4. The molecule has 44 valence electrons. The molecule has 0 rings (SSSR count). The molecule has 0 heterocycles. The van der Waals surface area contributed by atoms with E-state index in [9.17, 15) is 0 Å². The van der Waals surface area contributed by atoms with E-state index in [0.717, 1.165) is 0 Å². The van der Waals surface area contributed by atoms with Crippen LogP contribution in [0.2, 0.25) is 0 Å². The summed E-state index contributed by atoms with van der Waals surface area (Å²) in [5.74, 6) is 0. The van der Waals surface area contributed by atoms with E-state index in [0.29, 0.717) is 0 Å². The third-order valence-corrected chi connectivity index (χ3v) is 13.2. The summed E-state index contributed by atoms with van der Waals surface area (Å²) in [6.45, 7) is 0. The van der Waals surface area contributed by atoms with Crippen molar-refractivity contribution in [3.05, 3.63) is 0 Å². The standard InChI is InChI=1S/CH5N2.3BrH.Sn/c2-1-3;;;;/h1H,2-3H2;3*1H;/q;;;;+3/p-3. The van der Waals surface area contributed by atoms with Crippen LogP contribution >= 0.6 is 38.1 Å². The van der Waals surface area contributed by atoms with Crippen LogP contribution in [0.1, 0.15) is 0 Å². The quantitative estimate of drug-likeness (QED) is 0.505. The Labute approximate surface area is 64.5 Å². The van der Waals surface area contributed by atoms with Crippen LogP contribution in [-0.2, 0) is 0 Å². The fraction of sp³-hybridized carbons (Fsp3) is 1.00. The third kappa shape index (κ3) is 4.65. The van der Waals surface area contributed by atoms with Gasteiger partial charge >= 0.3 is 65.5 Å². The van der Waals surface area contributed by atoms with Crippen LogP contribution < -0.4 is 11.5 Å². The zero-order valence-electron chi connectivity index (χ0n) is 3.37. The molecule has 0 radical (unpaired) electrons. The average Bonchev–Trinajstić information content (AvgIpc) is 1.31. The first kappa shape index (κ1) is 9.16. The molecule has 0 unspecified atom stereocenters. The number of rotatable bonds is 1. The second-order valence-corrected chi connectivity index (χ2v) is 52.6. The molecule has 0 saturated carbocycles. The van der Waals surface area contributed by atoms with Gasteiger partial charge in [-0.2, -0.15) is 0 Å². The van der Waals surface area contributed by atoms with Gasteiger partial charge in [0.05, 0.1) is 0 Å². The molecular weight excluding hydrogens is 398 g/mol. The zero-order valence-corrected chi connectivity index (χ0v) is 11.0. The van der Waals surface area contributed by atoms with Crippen molar-refractivity contribution < 1.29 is 0 Å². The fourth-order valence-corrected chi connectivity index (χ4v) is 0. The van der Waals surface area contributed by atoms with E-state index in [4.69, 9.17) is 11.5 Å². The Bertz CT molecular complexity index is 58.4. The summed E-state index contributed by atoms with van der Waals surface area (Å²) in [4.78, 5) is 0. The molecule has 0 aromatic heterocycles. The Balaban J connectivity index is 3.54. The second-order valence-electron chi connectivity index (χ2n) is 1.07. The Kier molecular flexibility index (Phi) is 4.39. The van der Waals surface area contributed by atoms with Crippen LogP contribution in [-0.4, -0.2) is 15.9 Å². The molecule has 6 heteroatoms. The van der Waals surface area contributed by atoms with Crippen molar-refractivity contribution in [2.75, 3.05) is 0 Å². The Morgan fingerprint density at radius 1 is 1.14 bits per heavy atom. The number of halogens is 3. The Morgan fingerprint density at radius 3 is 1.29 bits per heavy atom. The maximum atomic E-state index is 5.30. The molecule has 0 aliphatic heterocycles. The summed E-state index contributed by atoms with van der Waals surface area (Å²) in [5, 5.41) is 0. The van der Waals surface area contributed by atoms with Gasteiger partial charge in [0.2, 0.25) is 0 Å². The third-order valence-electron chi connectivity index (χ3n) is 0.378. The van der Waals surface area contributed by atoms with Gasteiger partial charge in [0.15, 0.2) is 0 Å². The predicted molar refractivity (Wildman–Crippen MR) is 44.7 cm³/mol. The minimum absolute atomic E-state index is 0.241. The van der Waals surface area contributed by atoms with Gasteiger partial charge in [-0.25, -0.2) is 0 Å². The van der Waals surface area contributed by atoms with E-state index in [1.807, 2.05) is 0 Å². The molecular formula is CH5Br3N2Sn. The van der Waals surface area contributed by atoms with Gasteiger partial charge in [-0.15, -0.1) is 0 Å². The van der Waals surface area contributed by atoms with E-state index < -0.39 is 11.7 Å². The van der Waals surface area contributed by atoms with Gasteiger partial charge in [0.25, 0.3) is 0 Å². The average molecular weight is 403 g/mol. The van der Waals surface area contributed by atoms with Crippen LogP contribution in [0.4, 0.5) is 0 Å². The maximum absolute atomic E-state index is 5.30. The van der Waals surface area contributed by atoms with Crippen LogP contribution in [0.25, 0.3) is 0 Å². The minimum atomic E-state index is -2.37. The molecule has 0 atom stereocenters. The van der Waals surface area contributed by atoms with Crippen molar-refractivity contribution in [3.63, 3.8) is 0 Å². The predicted octanol–water partition coefficient (Wildman–Crippen LogP) is 0.893. The molecule has 0 fully saturated rings. The summed E-state index contributed by atoms with van der Waals surface area (Å²) in [7, 11) is 0. The Morgan fingerprint density at radius 2 is 1.29 bits per heavy atom. The fourth-order valence-electron chi connectivity index (χ4n) is 0. The topological polar surface area (TPSA) is 52.0 Å². The normalized spacial score (nSPS) is 12.9. The monoisotopic (exact) mass is 402 g/mol. The van der Waals surface area contributed by atoms with Crippen LogP contribution in [0.3, 0.4) is 0 Å². The van der Waals surface area contributed by atoms with Crippen molar-refractivity contribution >= 4 is 49.8 Å². The van der Waals surface area contributed by atoms with E-state index >= 15 is 0 Å². The molecule has 0 aromatic rings. The van der Waals surface area contributed by atoms with Gasteiger partial charge in [0, 0.05) is 0 Å². The first-order chi connectivity index (χ1) is 2.94. The summed E-state index contributed by atoms with van der Waals surface area (Å²) < 4.78 is -0.241.